The van der Waals surface area contributed by atoms with Crippen molar-refractivity contribution in [3.63, 3.8) is 0 Å². The van der Waals surface area contributed by atoms with E-state index in [4.69, 9.17) is 12.2 Å². The van der Waals surface area contributed by atoms with Crippen LogP contribution in [0.4, 0.5) is 10.1 Å². The van der Waals surface area contributed by atoms with E-state index in [1.54, 1.807) is 0 Å². The van der Waals surface area contributed by atoms with Crippen molar-refractivity contribution in [2.75, 3.05) is 38.5 Å². The molecule has 1 saturated heterocycles. The molecule has 25 heavy (non-hydrogen) atoms. The third kappa shape index (κ3) is 5.08. The second-order valence-corrected chi connectivity index (χ2v) is 7.02. The Labute approximate surface area is 154 Å². The second kappa shape index (κ2) is 8.52. The minimum atomic E-state index is -0.203. The molecule has 1 aliphatic rings. The van der Waals surface area contributed by atoms with Gasteiger partial charge in [-0.1, -0.05) is 42.5 Å². The highest BCUT2D eigenvalue weighted by Gasteiger charge is 2.25. The maximum atomic E-state index is 13.3. The first-order valence-corrected chi connectivity index (χ1v) is 9.05. The summed E-state index contributed by atoms with van der Waals surface area (Å²) >= 11 is 5.61. The summed E-state index contributed by atoms with van der Waals surface area (Å²) in [6.07, 6.45) is 0.722. The Balaban J connectivity index is 1.73. The smallest absolute Gasteiger partial charge is 0.123 e. The molecule has 1 heterocycles. The number of halogens is 1. The molecule has 1 N–H and O–H groups in total. The van der Waals surface area contributed by atoms with Crippen molar-refractivity contribution in [1.29, 1.82) is 0 Å². The number of benzene rings is 2. The van der Waals surface area contributed by atoms with Crippen molar-refractivity contribution in [2.45, 2.75) is 12.5 Å². The fourth-order valence-electron chi connectivity index (χ4n) is 3.19. The van der Waals surface area contributed by atoms with Crippen LogP contribution in [0.1, 0.15) is 18.0 Å². The summed E-state index contributed by atoms with van der Waals surface area (Å²) in [6, 6.07) is 17.0. The van der Waals surface area contributed by atoms with E-state index in [0.29, 0.717) is 0 Å². The summed E-state index contributed by atoms with van der Waals surface area (Å²) in [4.78, 5) is 5.59. The normalized spacial score (nSPS) is 17.2. The number of hydrogen-bond donors (Lipinski definition) is 1. The van der Waals surface area contributed by atoms with Gasteiger partial charge in [0.1, 0.15) is 5.82 Å². The highest BCUT2D eigenvalue weighted by Crippen LogP contribution is 2.27. The predicted molar refractivity (Wildman–Crippen MR) is 105 cm³/mol. The quantitative estimate of drug-likeness (QED) is 0.817. The van der Waals surface area contributed by atoms with Crippen molar-refractivity contribution < 1.29 is 4.39 Å². The number of nitrogens with one attached hydrogen (secondary N) is 1. The Morgan fingerprint density at radius 3 is 2.32 bits per heavy atom. The average molecular weight is 357 g/mol. The van der Waals surface area contributed by atoms with Crippen LogP contribution < -0.4 is 5.32 Å². The molecule has 1 aliphatic heterocycles. The summed E-state index contributed by atoms with van der Waals surface area (Å²) in [7, 11) is 2.14. The average Bonchev–Trinajstić information content (AvgIpc) is 2.62. The lowest BCUT2D eigenvalue weighted by molar-refractivity contribution is 0.114. The van der Waals surface area contributed by atoms with Gasteiger partial charge >= 0.3 is 0 Å². The highest BCUT2D eigenvalue weighted by molar-refractivity contribution is 7.80. The van der Waals surface area contributed by atoms with Crippen molar-refractivity contribution >= 4 is 22.9 Å². The topological polar surface area (TPSA) is 18.5 Å². The number of anilines is 1. The molecule has 5 heteroatoms. The van der Waals surface area contributed by atoms with Gasteiger partial charge in [-0.05, 0) is 36.9 Å². The molecule has 1 atom stereocenters. The lowest BCUT2D eigenvalue weighted by atomic mass is 10.0. The lowest BCUT2D eigenvalue weighted by Gasteiger charge is -2.38. The van der Waals surface area contributed by atoms with Crippen LogP contribution in [0, 0.1) is 5.82 Å². The number of para-hydroxylation sites is 1. The van der Waals surface area contributed by atoms with Gasteiger partial charge in [-0.25, -0.2) is 4.39 Å². The van der Waals surface area contributed by atoms with Crippen LogP contribution in [-0.4, -0.2) is 48.0 Å². The van der Waals surface area contributed by atoms with Crippen molar-refractivity contribution in [2.24, 2.45) is 0 Å². The number of rotatable bonds is 5. The van der Waals surface area contributed by atoms with E-state index in [1.165, 1.54) is 12.1 Å². The third-order valence-electron chi connectivity index (χ3n) is 4.67. The Morgan fingerprint density at radius 1 is 1.04 bits per heavy atom. The Kier molecular flexibility index (Phi) is 6.13. The summed E-state index contributed by atoms with van der Waals surface area (Å²) in [6.45, 7) is 4.06. The largest absolute Gasteiger partial charge is 0.350 e. The van der Waals surface area contributed by atoms with Gasteiger partial charge in [0.25, 0.3) is 0 Å². The van der Waals surface area contributed by atoms with E-state index in [9.17, 15) is 4.39 Å². The molecule has 3 nitrogen and oxygen atoms in total. The van der Waals surface area contributed by atoms with Crippen LogP contribution in [0.25, 0.3) is 0 Å². The summed E-state index contributed by atoms with van der Waals surface area (Å²) < 4.78 is 13.3. The van der Waals surface area contributed by atoms with Crippen LogP contribution in [0.2, 0.25) is 0 Å². The zero-order valence-electron chi connectivity index (χ0n) is 14.5. The zero-order valence-corrected chi connectivity index (χ0v) is 15.3. The van der Waals surface area contributed by atoms with Gasteiger partial charge in [0.15, 0.2) is 0 Å². The first kappa shape index (κ1) is 18.0. The van der Waals surface area contributed by atoms with Gasteiger partial charge in [0.05, 0.1) is 4.99 Å². The molecule has 0 amide bonds. The molecule has 0 unspecified atom stereocenters. The number of hydrogen-bond acceptors (Lipinski definition) is 3. The number of nitrogens with zero attached hydrogens (tertiary/aromatic N) is 2. The van der Waals surface area contributed by atoms with Gasteiger partial charge in [-0.2, -0.15) is 0 Å². The molecule has 2 aromatic carbocycles. The van der Waals surface area contributed by atoms with Crippen LogP contribution in [-0.2, 0) is 0 Å². The highest BCUT2D eigenvalue weighted by atomic mass is 32.1. The van der Waals surface area contributed by atoms with Crippen LogP contribution in [0.5, 0.6) is 0 Å². The van der Waals surface area contributed by atoms with E-state index >= 15 is 0 Å². The van der Waals surface area contributed by atoms with Crippen molar-refractivity contribution in [1.82, 2.24) is 9.80 Å². The SMILES string of the molecule is CN1CCN([C@@H](CC(=S)Nc2ccccc2)c2ccc(F)cc2)CC1. The first-order valence-electron chi connectivity index (χ1n) is 8.65. The molecule has 0 spiro atoms. The fourth-order valence-corrected chi connectivity index (χ4v) is 3.46. The molecule has 2 aromatic rings. The number of piperazine rings is 1. The van der Waals surface area contributed by atoms with E-state index in [0.717, 1.165) is 48.8 Å². The monoisotopic (exact) mass is 357 g/mol. The van der Waals surface area contributed by atoms with Crippen LogP contribution >= 0.6 is 12.2 Å². The molecule has 0 aliphatic carbocycles. The van der Waals surface area contributed by atoms with E-state index < -0.39 is 0 Å². The second-order valence-electron chi connectivity index (χ2n) is 6.52. The summed E-state index contributed by atoms with van der Waals surface area (Å²) in [5, 5.41) is 3.32. The van der Waals surface area contributed by atoms with Crippen LogP contribution in [0.3, 0.4) is 0 Å². The van der Waals surface area contributed by atoms with Crippen molar-refractivity contribution in [3.05, 3.63) is 66.0 Å². The fraction of sp³-hybridized carbons (Fsp3) is 0.350. The maximum Gasteiger partial charge on any atom is 0.123 e. The number of thiocarbonyl (C=S) groups is 1. The maximum absolute atomic E-state index is 13.3. The molecule has 1 fully saturated rings. The molecule has 132 valence electrons. The van der Waals surface area contributed by atoms with E-state index in [2.05, 4.69) is 22.2 Å². The minimum Gasteiger partial charge on any atom is -0.350 e. The van der Waals surface area contributed by atoms with Gasteiger partial charge in [0.2, 0.25) is 0 Å². The lowest BCUT2D eigenvalue weighted by Crippen LogP contribution is -2.46. The summed E-state index contributed by atoms with van der Waals surface area (Å²) in [5.41, 5.74) is 2.12. The Morgan fingerprint density at radius 2 is 1.68 bits per heavy atom. The summed E-state index contributed by atoms with van der Waals surface area (Å²) in [5.74, 6) is -0.203. The zero-order chi connectivity index (χ0) is 17.6. The Hall–Kier alpha value is -1.82. The Bertz CT molecular complexity index is 682. The standard InChI is InChI=1S/C20H24FN3S/c1-23-11-13-24(14-12-23)19(16-7-9-17(21)10-8-16)15-20(25)22-18-5-3-2-4-6-18/h2-10,19H,11-15H2,1H3,(H,22,25)/t19-/m0/s1. The molecule has 0 radical (unpaired) electrons. The molecule has 0 saturated carbocycles. The number of likely N-dealkylation sites (N-methyl/N-ethyl adjacent to an activating group) is 1. The van der Waals surface area contributed by atoms with Gasteiger partial charge < -0.3 is 10.2 Å². The first-order chi connectivity index (χ1) is 12.1. The molecule has 0 bridgehead atoms. The van der Waals surface area contributed by atoms with E-state index in [1.807, 2.05) is 42.5 Å². The molecule has 0 aromatic heterocycles. The molecular weight excluding hydrogens is 333 g/mol. The third-order valence-corrected chi connectivity index (χ3v) is 4.94. The molecular formula is C20H24FN3S. The van der Waals surface area contributed by atoms with E-state index in [-0.39, 0.29) is 11.9 Å². The molecule has 3 rings (SSSR count). The van der Waals surface area contributed by atoms with Crippen molar-refractivity contribution in [3.8, 4) is 0 Å². The predicted octanol–water partition coefficient (Wildman–Crippen LogP) is 3.94. The van der Waals surface area contributed by atoms with Gasteiger partial charge in [-0.3, -0.25) is 4.90 Å². The van der Waals surface area contributed by atoms with Gasteiger partial charge in [-0.15, -0.1) is 0 Å². The van der Waals surface area contributed by atoms with Crippen LogP contribution in [0.15, 0.2) is 54.6 Å². The minimum absolute atomic E-state index is 0.165. The van der Waals surface area contributed by atoms with Gasteiger partial charge in [0, 0.05) is 44.3 Å².